The van der Waals surface area contributed by atoms with E-state index in [1.807, 2.05) is 18.2 Å². The number of hydrogen-bond acceptors (Lipinski definition) is 3. The molecule has 0 amide bonds. The Bertz CT molecular complexity index is 493. The van der Waals surface area contributed by atoms with E-state index < -0.39 is 10.8 Å². The molecule has 1 aromatic rings. The van der Waals surface area contributed by atoms with Crippen molar-refractivity contribution in [2.45, 2.75) is 64.0 Å². The van der Waals surface area contributed by atoms with Gasteiger partial charge in [0, 0.05) is 61.7 Å². The summed E-state index contributed by atoms with van der Waals surface area (Å²) in [6, 6.07) is 6.01. The minimum absolute atomic E-state index is 0. The third kappa shape index (κ3) is 7.37. The van der Waals surface area contributed by atoms with Crippen molar-refractivity contribution >= 4 is 10.8 Å². The van der Waals surface area contributed by atoms with Gasteiger partial charge in [0.15, 0.2) is 11.5 Å². The van der Waals surface area contributed by atoms with Crippen molar-refractivity contribution in [1.82, 2.24) is 0 Å². The molecule has 1 aliphatic heterocycles. The summed E-state index contributed by atoms with van der Waals surface area (Å²) in [5.74, 6) is 2.45. The van der Waals surface area contributed by atoms with Crippen molar-refractivity contribution < 1.29 is 53.6 Å². The Morgan fingerprint density at radius 1 is 1.09 bits per heavy atom. The van der Waals surface area contributed by atoms with Gasteiger partial charge < -0.3 is 9.47 Å². The van der Waals surface area contributed by atoms with Gasteiger partial charge in [-0.1, -0.05) is 52.0 Å². The van der Waals surface area contributed by atoms with Gasteiger partial charge >= 0.3 is 0 Å². The number of unbranched alkanes of at least 4 members (excludes halogenated alkanes) is 5. The molecule has 1 heterocycles. The van der Waals surface area contributed by atoms with Gasteiger partial charge in [0.05, 0.1) is 0 Å². The Balaban J connectivity index is 0.00000264. The zero-order valence-corrected chi connectivity index (χ0v) is 17.2. The predicted molar refractivity (Wildman–Crippen MR) is 92.1 cm³/mol. The maximum absolute atomic E-state index is 12.3. The number of ether oxygens (including phenoxy) is 2. The van der Waals surface area contributed by atoms with E-state index in [0.29, 0.717) is 6.79 Å². The van der Waals surface area contributed by atoms with Crippen LogP contribution in [0.15, 0.2) is 18.2 Å². The molecule has 2 unspecified atom stereocenters. The Kier molecular flexibility index (Phi) is 10.9. The molecule has 132 valence electrons. The number of hydrogen-bond donors (Lipinski definition) is 0. The molecular formula is C18H28GdO3S. The molecule has 2 atom stereocenters. The van der Waals surface area contributed by atoms with Crippen molar-refractivity contribution in [1.29, 1.82) is 0 Å². The van der Waals surface area contributed by atoms with E-state index in [9.17, 15) is 4.21 Å². The molecule has 5 heteroatoms. The third-order valence-electron chi connectivity index (χ3n) is 4.11. The summed E-state index contributed by atoms with van der Waals surface area (Å²) < 4.78 is 23.0. The summed E-state index contributed by atoms with van der Waals surface area (Å²) in [6.07, 6.45) is 8.32. The van der Waals surface area contributed by atoms with Crippen LogP contribution in [0.25, 0.3) is 0 Å². The maximum Gasteiger partial charge on any atom is 0.231 e. The van der Waals surface area contributed by atoms with Gasteiger partial charge in [0.25, 0.3) is 0 Å². The van der Waals surface area contributed by atoms with E-state index in [1.165, 1.54) is 37.7 Å². The Morgan fingerprint density at radius 2 is 1.78 bits per heavy atom. The second-order valence-electron chi connectivity index (χ2n) is 6.05. The van der Waals surface area contributed by atoms with Crippen LogP contribution >= 0.6 is 0 Å². The molecular weight excluding hydrogens is 454 g/mol. The van der Waals surface area contributed by atoms with E-state index in [1.54, 1.807) is 0 Å². The molecule has 23 heavy (non-hydrogen) atoms. The van der Waals surface area contributed by atoms with Crippen LogP contribution in [0.4, 0.5) is 0 Å². The molecule has 2 rings (SSSR count). The topological polar surface area (TPSA) is 35.5 Å². The van der Waals surface area contributed by atoms with Crippen molar-refractivity contribution in [2.24, 2.45) is 0 Å². The summed E-state index contributed by atoms with van der Waals surface area (Å²) in [5, 5.41) is 0.191. The van der Waals surface area contributed by atoms with Crippen LogP contribution < -0.4 is 9.47 Å². The Labute approximate surface area is 175 Å². The Hall–Kier alpha value is 0.295. The quantitative estimate of drug-likeness (QED) is 0.463. The van der Waals surface area contributed by atoms with Gasteiger partial charge in [-0.2, -0.15) is 0 Å². The fourth-order valence-electron chi connectivity index (χ4n) is 2.72. The average Bonchev–Trinajstić information content (AvgIpc) is 2.98. The molecule has 1 aromatic carbocycles. The van der Waals surface area contributed by atoms with E-state index in [-0.39, 0.29) is 45.2 Å². The van der Waals surface area contributed by atoms with Gasteiger partial charge in [-0.05, 0) is 30.5 Å². The van der Waals surface area contributed by atoms with Crippen molar-refractivity contribution in [2.75, 3.05) is 12.5 Å². The first-order valence-corrected chi connectivity index (χ1v) is 9.84. The minimum atomic E-state index is -0.743. The van der Waals surface area contributed by atoms with E-state index in [0.717, 1.165) is 30.1 Å². The first-order chi connectivity index (χ1) is 10.7. The second-order valence-corrected chi connectivity index (χ2v) is 8.03. The zero-order valence-electron chi connectivity index (χ0n) is 14.2. The van der Waals surface area contributed by atoms with E-state index in [2.05, 4.69) is 13.8 Å². The van der Waals surface area contributed by atoms with E-state index in [4.69, 9.17) is 9.47 Å². The summed E-state index contributed by atoms with van der Waals surface area (Å²) in [7, 11) is -0.743. The largest absolute Gasteiger partial charge is 0.454 e. The van der Waals surface area contributed by atoms with Gasteiger partial charge in [-0.15, -0.1) is 0 Å². The smallest absolute Gasteiger partial charge is 0.231 e. The average molecular weight is 482 g/mol. The van der Waals surface area contributed by atoms with Gasteiger partial charge in [0.1, 0.15) is 0 Å². The summed E-state index contributed by atoms with van der Waals surface area (Å²) in [6.45, 7) is 4.61. The fourth-order valence-corrected chi connectivity index (χ4v) is 3.99. The monoisotopic (exact) mass is 482 g/mol. The van der Waals surface area contributed by atoms with Crippen molar-refractivity contribution in [3.05, 3.63) is 23.8 Å². The molecule has 0 aromatic heterocycles. The molecule has 0 fully saturated rings. The molecule has 0 saturated carbocycles. The minimum Gasteiger partial charge on any atom is -0.454 e. The predicted octanol–water partition coefficient (Wildman–Crippen LogP) is 4.46. The standard InChI is InChI=1S/C18H28O3S.Gd/c1-3-4-5-6-7-8-11-22(19)15(2)12-16-9-10-17-18(13-16)21-14-20-17;/h9-10,13,15H,3-8,11-12,14H2,1-2H3;. The molecule has 0 N–H and O–H groups in total. The molecule has 1 aliphatic rings. The molecule has 0 saturated heterocycles. The van der Waals surface area contributed by atoms with Crippen molar-refractivity contribution in [3.8, 4) is 11.5 Å². The first-order valence-electron chi connectivity index (χ1n) is 8.46. The SMILES string of the molecule is CCCCCCCCS(=O)C(C)Cc1ccc2c(c1)OCO2.[Gd]. The van der Waals surface area contributed by atoms with Crippen molar-refractivity contribution in [3.63, 3.8) is 0 Å². The molecule has 0 radical (unpaired) electrons. The van der Waals surface area contributed by atoms with Gasteiger partial charge in [0.2, 0.25) is 6.79 Å². The van der Waals surface area contributed by atoms with Crippen LogP contribution in [0.2, 0.25) is 0 Å². The van der Waals surface area contributed by atoms with Crippen LogP contribution in [-0.4, -0.2) is 22.0 Å². The molecule has 0 bridgehead atoms. The summed E-state index contributed by atoms with van der Waals surface area (Å²) in [4.78, 5) is 0. The van der Waals surface area contributed by atoms with Crippen LogP contribution in [0.1, 0.15) is 57.9 Å². The maximum atomic E-state index is 12.3. The summed E-state index contributed by atoms with van der Waals surface area (Å²) in [5.41, 5.74) is 1.17. The van der Waals surface area contributed by atoms with Gasteiger partial charge in [-0.3, -0.25) is 4.21 Å². The molecule has 0 aliphatic carbocycles. The number of fused-ring (bicyclic) bond motifs is 1. The second kappa shape index (κ2) is 11.8. The van der Waals surface area contributed by atoms with Crippen LogP contribution in [0, 0.1) is 39.9 Å². The van der Waals surface area contributed by atoms with Gasteiger partial charge in [-0.25, -0.2) is 0 Å². The Morgan fingerprint density at radius 3 is 2.57 bits per heavy atom. The number of benzene rings is 1. The third-order valence-corrected chi connectivity index (χ3v) is 5.86. The molecule has 3 nitrogen and oxygen atoms in total. The fraction of sp³-hybridized carbons (Fsp3) is 0.667. The van der Waals surface area contributed by atoms with E-state index >= 15 is 0 Å². The molecule has 0 spiro atoms. The van der Waals surface area contributed by atoms with Crippen LogP contribution in [0.5, 0.6) is 11.5 Å². The number of rotatable bonds is 10. The zero-order chi connectivity index (χ0) is 15.8. The van der Waals surface area contributed by atoms with Crippen LogP contribution in [-0.2, 0) is 17.2 Å². The first kappa shape index (κ1) is 21.3. The normalized spacial score (nSPS) is 15.0. The summed E-state index contributed by atoms with van der Waals surface area (Å²) >= 11 is 0. The van der Waals surface area contributed by atoms with Crippen LogP contribution in [0.3, 0.4) is 0 Å².